The first-order valence-electron chi connectivity index (χ1n) is 10.2. The molecule has 1 aromatic rings. The zero-order chi connectivity index (χ0) is 18.9. The Morgan fingerprint density at radius 1 is 1.26 bits per heavy atom. The predicted molar refractivity (Wildman–Crippen MR) is 109 cm³/mol. The van der Waals surface area contributed by atoms with Crippen LogP contribution in [0.1, 0.15) is 18.9 Å². The van der Waals surface area contributed by atoms with Gasteiger partial charge in [-0.2, -0.15) is 0 Å². The zero-order valence-electron chi connectivity index (χ0n) is 16.8. The number of hydrogen-bond acceptors (Lipinski definition) is 4. The molecule has 2 atom stereocenters. The van der Waals surface area contributed by atoms with E-state index in [2.05, 4.69) is 39.2 Å². The van der Waals surface area contributed by atoms with Crippen LogP contribution >= 0.6 is 0 Å². The number of nitrogens with one attached hydrogen (secondary N) is 1. The summed E-state index contributed by atoms with van der Waals surface area (Å²) in [4.78, 5) is 9.45. The average molecular weight is 375 g/mol. The summed E-state index contributed by atoms with van der Waals surface area (Å²) in [6.07, 6.45) is 1.20. The Morgan fingerprint density at radius 2 is 2.04 bits per heavy atom. The Hall–Kier alpha value is -1.63. The predicted octanol–water partition coefficient (Wildman–Crippen LogP) is 1.82. The van der Waals surface area contributed by atoms with E-state index in [1.807, 2.05) is 25.2 Å². The van der Waals surface area contributed by atoms with Gasteiger partial charge in [0.1, 0.15) is 0 Å². The molecule has 2 heterocycles. The number of nitrogens with zero attached hydrogens (tertiary/aromatic N) is 3. The van der Waals surface area contributed by atoms with E-state index in [4.69, 9.17) is 9.47 Å². The molecule has 6 nitrogen and oxygen atoms in total. The van der Waals surface area contributed by atoms with Gasteiger partial charge in [-0.05, 0) is 17.9 Å². The largest absolute Gasteiger partial charge is 0.379 e. The summed E-state index contributed by atoms with van der Waals surface area (Å²) in [5.41, 5.74) is 1.22. The molecule has 1 aromatic carbocycles. The molecule has 6 heteroatoms. The van der Waals surface area contributed by atoms with Gasteiger partial charge in [0.15, 0.2) is 5.96 Å². The van der Waals surface area contributed by atoms with E-state index in [0.29, 0.717) is 18.6 Å². The van der Waals surface area contributed by atoms with Crippen molar-refractivity contribution in [3.05, 3.63) is 35.9 Å². The summed E-state index contributed by atoms with van der Waals surface area (Å²) in [6.45, 7) is 10.5. The zero-order valence-corrected chi connectivity index (χ0v) is 16.8. The molecule has 0 spiro atoms. The highest BCUT2D eigenvalue weighted by atomic mass is 16.5. The van der Waals surface area contributed by atoms with Crippen molar-refractivity contribution in [3.63, 3.8) is 0 Å². The Kier molecular flexibility index (Phi) is 7.93. The average Bonchev–Trinajstić information content (AvgIpc) is 3.20. The van der Waals surface area contributed by atoms with Crippen molar-refractivity contribution in [1.29, 1.82) is 0 Å². The highest BCUT2D eigenvalue weighted by Crippen LogP contribution is 2.17. The lowest BCUT2D eigenvalue weighted by molar-refractivity contribution is 0.0194. The van der Waals surface area contributed by atoms with Crippen LogP contribution in [-0.4, -0.2) is 81.4 Å². The van der Waals surface area contributed by atoms with Gasteiger partial charge < -0.3 is 19.7 Å². The molecule has 1 N–H and O–H groups in total. The third-order valence-electron chi connectivity index (χ3n) is 5.36. The van der Waals surface area contributed by atoms with E-state index in [1.165, 1.54) is 12.0 Å². The van der Waals surface area contributed by atoms with Crippen LogP contribution in [0, 0.1) is 5.92 Å². The molecule has 2 aliphatic heterocycles. The van der Waals surface area contributed by atoms with Crippen LogP contribution < -0.4 is 5.32 Å². The summed E-state index contributed by atoms with van der Waals surface area (Å²) in [5, 5.41) is 3.54. The van der Waals surface area contributed by atoms with Crippen molar-refractivity contribution in [1.82, 2.24) is 15.1 Å². The molecule has 2 unspecified atom stereocenters. The Balaban J connectivity index is 1.36. The number of guanidine groups is 1. The van der Waals surface area contributed by atoms with Gasteiger partial charge >= 0.3 is 0 Å². The van der Waals surface area contributed by atoms with Gasteiger partial charge in [-0.25, -0.2) is 0 Å². The van der Waals surface area contributed by atoms with E-state index < -0.39 is 0 Å². The van der Waals surface area contributed by atoms with E-state index >= 15 is 0 Å². The van der Waals surface area contributed by atoms with Crippen LogP contribution in [-0.2, 0) is 16.1 Å². The smallest absolute Gasteiger partial charge is 0.193 e. The molecular formula is C21H34N4O2. The lowest BCUT2D eigenvalue weighted by Gasteiger charge is -2.32. The third kappa shape index (κ3) is 6.19. The molecular weight excluding hydrogens is 340 g/mol. The van der Waals surface area contributed by atoms with Crippen LogP contribution in [0.5, 0.6) is 0 Å². The van der Waals surface area contributed by atoms with E-state index in [1.54, 1.807) is 0 Å². The summed E-state index contributed by atoms with van der Waals surface area (Å²) in [5.74, 6) is 1.45. The van der Waals surface area contributed by atoms with Crippen molar-refractivity contribution in [2.45, 2.75) is 26.0 Å². The number of likely N-dealkylation sites (tertiary alicyclic amines) is 1. The van der Waals surface area contributed by atoms with Crippen molar-refractivity contribution in [3.8, 4) is 0 Å². The number of benzene rings is 1. The fraction of sp³-hybridized carbons (Fsp3) is 0.667. The second-order valence-electron chi connectivity index (χ2n) is 7.57. The maximum Gasteiger partial charge on any atom is 0.193 e. The van der Waals surface area contributed by atoms with Gasteiger partial charge in [-0.15, -0.1) is 0 Å². The number of aliphatic imine (C=N–C) groups is 1. The lowest BCUT2D eigenvalue weighted by Crippen LogP contribution is -2.47. The molecule has 0 amide bonds. The summed E-state index contributed by atoms with van der Waals surface area (Å²) < 4.78 is 11.3. The monoisotopic (exact) mass is 374 g/mol. The Bertz CT molecular complexity index is 575. The van der Waals surface area contributed by atoms with Gasteiger partial charge in [0.05, 0.1) is 26.4 Å². The Morgan fingerprint density at radius 3 is 2.78 bits per heavy atom. The molecule has 0 radical (unpaired) electrons. The van der Waals surface area contributed by atoms with E-state index in [0.717, 1.165) is 58.5 Å². The molecule has 27 heavy (non-hydrogen) atoms. The van der Waals surface area contributed by atoms with Gasteiger partial charge in [0, 0.05) is 45.8 Å². The maximum atomic E-state index is 5.86. The fourth-order valence-corrected chi connectivity index (χ4v) is 3.78. The minimum atomic E-state index is 0.433. The van der Waals surface area contributed by atoms with Crippen molar-refractivity contribution in [2.75, 3.05) is 59.6 Å². The Labute approximate surface area is 163 Å². The van der Waals surface area contributed by atoms with Crippen molar-refractivity contribution in [2.24, 2.45) is 10.9 Å². The minimum absolute atomic E-state index is 0.433. The van der Waals surface area contributed by atoms with Crippen LogP contribution in [0.4, 0.5) is 0 Å². The standard InChI is InChI=1S/C21H34N4O2/c1-18(16-27-17-19-6-4-3-5-7-19)14-23-21(22-2)25-9-8-20(15-25)24-10-12-26-13-11-24/h3-7,18,20H,8-17H2,1-2H3,(H,22,23). The molecule has 2 fully saturated rings. The first-order chi connectivity index (χ1) is 13.3. The first kappa shape index (κ1) is 20.1. The highest BCUT2D eigenvalue weighted by molar-refractivity contribution is 5.80. The molecule has 0 aliphatic carbocycles. The normalized spacial score (nSPS) is 22.8. The maximum absolute atomic E-state index is 5.86. The number of rotatable bonds is 7. The van der Waals surface area contributed by atoms with Gasteiger partial charge in [0.25, 0.3) is 0 Å². The SMILES string of the molecule is CN=C(NCC(C)COCc1ccccc1)N1CCC(N2CCOCC2)C1. The number of hydrogen-bond donors (Lipinski definition) is 1. The second kappa shape index (κ2) is 10.6. The molecule has 0 saturated carbocycles. The van der Waals surface area contributed by atoms with Gasteiger partial charge in [-0.3, -0.25) is 9.89 Å². The second-order valence-corrected chi connectivity index (χ2v) is 7.57. The molecule has 3 rings (SSSR count). The van der Waals surface area contributed by atoms with Gasteiger partial charge in [0.2, 0.25) is 0 Å². The summed E-state index contributed by atoms with van der Waals surface area (Å²) in [7, 11) is 1.88. The first-order valence-corrected chi connectivity index (χ1v) is 10.2. The lowest BCUT2D eigenvalue weighted by atomic mass is 10.2. The van der Waals surface area contributed by atoms with Crippen molar-refractivity contribution >= 4 is 5.96 Å². The minimum Gasteiger partial charge on any atom is -0.379 e. The van der Waals surface area contributed by atoms with Crippen LogP contribution in [0.15, 0.2) is 35.3 Å². The summed E-state index contributed by atoms with van der Waals surface area (Å²) in [6, 6.07) is 11.0. The van der Waals surface area contributed by atoms with Crippen LogP contribution in [0.25, 0.3) is 0 Å². The molecule has 0 bridgehead atoms. The van der Waals surface area contributed by atoms with Gasteiger partial charge in [-0.1, -0.05) is 37.3 Å². The quantitative estimate of drug-likeness (QED) is 0.583. The number of ether oxygens (including phenoxy) is 2. The fourth-order valence-electron chi connectivity index (χ4n) is 3.78. The molecule has 2 aliphatic rings. The molecule has 150 valence electrons. The van der Waals surface area contributed by atoms with Crippen LogP contribution in [0.3, 0.4) is 0 Å². The summed E-state index contributed by atoms with van der Waals surface area (Å²) >= 11 is 0. The van der Waals surface area contributed by atoms with E-state index in [-0.39, 0.29) is 0 Å². The number of morpholine rings is 1. The van der Waals surface area contributed by atoms with Crippen LogP contribution in [0.2, 0.25) is 0 Å². The molecule has 0 aromatic heterocycles. The highest BCUT2D eigenvalue weighted by Gasteiger charge is 2.30. The third-order valence-corrected chi connectivity index (χ3v) is 5.36. The topological polar surface area (TPSA) is 49.3 Å². The van der Waals surface area contributed by atoms with E-state index in [9.17, 15) is 0 Å². The van der Waals surface area contributed by atoms with Crippen molar-refractivity contribution < 1.29 is 9.47 Å². The molecule has 2 saturated heterocycles.